The molecule has 0 aliphatic carbocycles. The van der Waals surface area contributed by atoms with Crippen LogP contribution in [-0.4, -0.2) is 59.9 Å². The van der Waals surface area contributed by atoms with Crippen LogP contribution in [0.15, 0.2) is 18.3 Å². The zero-order valence-electron chi connectivity index (χ0n) is 17.4. The molecule has 2 aliphatic rings. The van der Waals surface area contributed by atoms with E-state index in [0.29, 0.717) is 25.9 Å². The quantitative estimate of drug-likeness (QED) is 0.476. The molecule has 0 radical (unpaired) electrons. The van der Waals surface area contributed by atoms with Gasteiger partial charge in [-0.2, -0.15) is 0 Å². The number of aromatic nitrogens is 1. The van der Waals surface area contributed by atoms with Crippen molar-refractivity contribution in [3.63, 3.8) is 0 Å². The predicted molar refractivity (Wildman–Crippen MR) is 115 cm³/mol. The minimum atomic E-state index is -3.92. The fourth-order valence-corrected chi connectivity index (χ4v) is 6.40. The van der Waals surface area contributed by atoms with Crippen molar-refractivity contribution < 1.29 is 23.2 Å². The molecule has 8 nitrogen and oxygen atoms in total. The number of hydrogen-bond donors (Lipinski definition) is 2. The summed E-state index contributed by atoms with van der Waals surface area (Å²) in [6.07, 6.45) is 6.66. The lowest BCUT2D eigenvalue weighted by atomic mass is 9.93. The highest BCUT2D eigenvalue weighted by atomic mass is 35.5. The first-order chi connectivity index (χ1) is 13.9. The number of nitrogens with zero attached hydrogens (tertiary/aromatic N) is 2. The van der Waals surface area contributed by atoms with E-state index >= 15 is 0 Å². The van der Waals surface area contributed by atoms with Gasteiger partial charge in [-0.1, -0.05) is 19.4 Å². The standard InChI is InChI=1S/C20H31N3O5S.ClH/c1-2-3-4-16-5-6-18(21-15-16)17-7-11-23(12-8-17)29(26,27)20(19(24)22-25)9-13-28-14-10-20;/h5-6,15,17,25H,2-4,7-14H2,1H3,(H,22,24);1H. The molecule has 1 aromatic heterocycles. The molecule has 0 bridgehead atoms. The summed E-state index contributed by atoms with van der Waals surface area (Å²) in [7, 11) is -3.92. The van der Waals surface area contributed by atoms with Gasteiger partial charge in [-0.3, -0.25) is 15.0 Å². The fourth-order valence-electron chi connectivity index (χ4n) is 4.25. The van der Waals surface area contributed by atoms with Gasteiger partial charge < -0.3 is 4.74 Å². The van der Waals surface area contributed by atoms with Gasteiger partial charge in [-0.15, -0.1) is 12.4 Å². The zero-order chi connectivity index (χ0) is 20.9. The predicted octanol–water partition coefficient (Wildman–Crippen LogP) is 2.41. The van der Waals surface area contributed by atoms with Crippen LogP contribution in [0.3, 0.4) is 0 Å². The number of pyridine rings is 1. The number of halogens is 1. The summed E-state index contributed by atoms with van der Waals surface area (Å²) in [6.45, 7) is 3.20. The SMILES string of the molecule is CCCCc1ccc(C2CCN(S(=O)(=O)C3(C(=O)NO)CCOCC3)CC2)nc1.Cl. The number of hydrogen-bond acceptors (Lipinski definition) is 6. The number of piperidine rings is 1. The topological polar surface area (TPSA) is 109 Å². The second-order valence-electron chi connectivity index (χ2n) is 7.92. The van der Waals surface area contributed by atoms with E-state index in [-0.39, 0.29) is 44.4 Å². The summed E-state index contributed by atoms with van der Waals surface area (Å²) in [5.41, 5.74) is 3.79. The lowest BCUT2D eigenvalue weighted by molar-refractivity contribution is -0.134. The van der Waals surface area contributed by atoms with Gasteiger partial charge in [0.25, 0.3) is 5.91 Å². The van der Waals surface area contributed by atoms with E-state index in [0.717, 1.165) is 25.0 Å². The van der Waals surface area contributed by atoms with Crippen LogP contribution in [0.4, 0.5) is 0 Å². The first kappa shape index (κ1) is 25.0. The van der Waals surface area contributed by atoms with Gasteiger partial charge in [-0.25, -0.2) is 18.2 Å². The fraction of sp³-hybridized carbons (Fsp3) is 0.700. The highest BCUT2D eigenvalue weighted by Crippen LogP contribution is 2.36. The van der Waals surface area contributed by atoms with E-state index in [1.807, 2.05) is 6.20 Å². The third kappa shape index (κ3) is 4.96. The average Bonchev–Trinajstić information content (AvgIpc) is 2.78. The van der Waals surface area contributed by atoms with E-state index in [1.165, 1.54) is 9.87 Å². The molecule has 1 amide bonds. The van der Waals surface area contributed by atoms with Gasteiger partial charge in [0.05, 0.1) is 0 Å². The van der Waals surface area contributed by atoms with Gasteiger partial charge >= 0.3 is 0 Å². The zero-order valence-corrected chi connectivity index (χ0v) is 19.0. The molecule has 2 fully saturated rings. The molecule has 0 saturated carbocycles. The molecule has 2 N–H and O–H groups in total. The Labute approximate surface area is 184 Å². The molecule has 2 saturated heterocycles. The second-order valence-corrected chi connectivity index (χ2v) is 10.2. The Balaban J connectivity index is 0.00000320. The van der Waals surface area contributed by atoms with Crippen molar-refractivity contribution in [1.82, 2.24) is 14.8 Å². The van der Waals surface area contributed by atoms with Crippen molar-refractivity contribution in [1.29, 1.82) is 0 Å². The lowest BCUT2D eigenvalue weighted by Crippen LogP contribution is -2.60. The summed E-state index contributed by atoms with van der Waals surface area (Å²) < 4.78 is 31.7. The van der Waals surface area contributed by atoms with E-state index in [9.17, 15) is 13.2 Å². The smallest absolute Gasteiger partial charge is 0.266 e. The summed E-state index contributed by atoms with van der Waals surface area (Å²) >= 11 is 0. The average molecular weight is 462 g/mol. The Kier molecular flexibility index (Phi) is 9.05. The summed E-state index contributed by atoms with van der Waals surface area (Å²) in [4.78, 5) is 16.9. The van der Waals surface area contributed by atoms with Crippen LogP contribution >= 0.6 is 12.4 Å². The highest BCUT2D eigenvalue weighted by molar-refractivity contribution is 7.91. The molecule has 170 valence electrons. The Morgan fingerprint density at radius 1 is 1.30 bits per heavy atom. The van der Waals surface area contributed by atoms with E-state index < -0.39 is 20.7 Å². The molecule has 0 spiro atoms. The summed E-state index contributed by atoms with van der Waals surface area (Å²) in [5, 5.41) is 9.15. The van der Waals surface area contributed by atoms with Gasteiger partial charge in [0.1, 0.15) is 0 Å². The van der Waals surface area contributed by atoms with E-state index in [4.69, 9.17) is 9.94 Å². The number of carbonyl (C=O) groups excluding carboxylic acids is 1. The maximum atomic E-state index is 13.3. The van der Waals surface area contributed by atoms with Gasteiger partial charge in [-0.05, 0) is 37.3 Å². The van der Waals surface area contributed by atoms with Crippen molar-refractivity contribution in [2.75, 3.05) is 26.3 Å². The van der Waals surface area contributed by atoms with E-state index in [1.54, 1.807) is 5.48 Å². The minimum absolute atomic E-state index is 0. The highest BCUT2D eigenvalue weighted by Gasteiger charge is 2.54. The molecule has 2 aliphatic heterocycles. The van der Waals surface area contributed by atoms with E-state index in [2.05, 4.69) is 24.0 Å². The number of rotatable bonds is 7. The molecular weight excluding hydrogens is 430 g/mol. The molecule has 3 rings (SSSR count). The summed E-state index contributed by atoms with van der Waals surface area (Å²) in [6, 6.07) is 4.17. The molecule has 1 aromatic rings. The van der Waals surface area contributed by atoms with Crippen molar-refractivity contribution in [2.24, 2.45) is 0 Å². The number of unbranched alkanes of at least 4 members (excludes halogenated alkanes) is 1. The van der Waals surface area contributed by atoms with Crippen LogP contribution in [0.2, 0.25) is 0 Å². The Morgan fingerprint density at radius 2 is 1.97 bits per heavy atom. The first-order valence-electron chi connectivity index (χ1n) is 10.4. The molecule has 30 heavy (non-hydrogen) atoms. The van der Waals surface area contributed by atoms with Crippen LogP contribution in [0, 0.1) is 0 Å². The number of aryl methyl sites for hydroxylation is 1. The van der Waals surface area contributed by atoms with Gasteiger partial charge in [0.15, 0.2) is 4.75 Å². The molecular formula is C20H32ClN3O5S. The Hall–Kier alpha value is -1.26. The molecule has 0 atom stereocenters. The monoisotopic (exact) mass is 461 g/mol. The number of sulfonamides is 1. The van der Waals surface area contributed by atoms with Crippen molar-refractivity contribution in [3.05, 3.63) is 29.6 Å². The summed E-state index contributed by atoms with van der Waals surface area (Å²) in [5.74, 6) is -0.661. The normalized spacial score (nSPS) is 20.3. The van der Waals surface area contributed by atoms with Crippen LogP contribution in [-0.2, 0) is 26.0 Å². The third-order valence-electron chi connectivity index (χ3n) is 6.19. The van der Waals surface area contributed by atoms with Crippen LogP contribution in [0.1, 0.15) is 62.6 Å². The molecule has 3 heterocycles. The number of hydroxylamine groups is 1. The largest absolute Gasteiger partial charge is 0.381 e. The number of amides is 1. The Morgan fingerprint density at radius 3 is 2.50 bits per heavy atom. The van der Waals surface area contributed by atoms with Crippen LogP contribution in [0.5, 0.6) is 0 Å². The van der Waals surface area contributed by atoms with Crippen LogP contribution < -0.4 is 5.48 Å². The minimum Gasteiger partial charge on any atom is -0.381 e. The third-order valence-corrected chi connectivity index (χ3v) is 8.81. The maximum Gasteiger partial charge on any atom is 0.266 e. The number of nitrogens with one attached hydrogen (secondary N) is 1. The molecule has 0 aromatic carbocycles. The van der Waals surface area contributed by atoms with Crippen molar-refractivity contribution in [2.45, 2.75) is 62.5 Å². The molecule has 10 heteroatoms. The van der Waals surface area contributed by atoms with Gasteiger partial charge in [0.2, 0.25) is 10.0 Å². The first-order valence-corrected chi connectivity index (χ1v) is 11.9. The maximum absolute atomic E-state index is 13.3. The number of carbonyl (C=O) groups is 1. The molecule has 0 unspecified atom stereocenters. The number of ether oxygens (including phenoxy) is 1. The van der Waals surface area contributed by atoms with Crippen molar-refractivity contribution >= 4 is 28.3 Å². The van der Waals surface area contributed by atoms with Gasteiger partial charge in [0, 0.05) is 57.0 Å². The lowest BCUT2D eigenvalue weighted by Gasteiger charge is -2.40. The van der Waals surface area contributed by atoms with Crippen molar-refractivity contribution in [3.8, 4) is 0 Å². The van der Waals surface area contributed by atoms with Crippen LogP contribution in [0.25, 0.3) is 0 Å². The Bertz CT molecular complexity index is 789. The second kappa shape index (κ2) is 10.9.